The Morgan fingerprint density at radius 3 is 1.11 bits per heavy atom. The van der Waals surface area contributed by atoms with Gasteiger partial charge in [-0.25, -0.2) is 0 Å². The first kappa shape index (κ1) is 19.0. The van der Waals surface area contributed by atoms with Crippen LogP contribution in [0.1, 0.15) is 44.4 Å². The molecule has 0 N–H and O–H groups in total. The Labute approximate surface area is 168 Å². The molecule has 3 aromatic rings. The first-order valence-corrected chi connectivity index (χ1v) is 9.90. The van der Waals surface area contributed by atoms with Crippen molar-refractivity contribution in [2.75, 3.05) is 0 Å². The van der Waals surface area contributed by atoms with Crippen molar-refractivity contribution in [2.45, 2.75) is 44.2 Å². The topological polar surface area (TPSA) is 18.5 Å². The Hall–Kier alpha value is -2.36. The van der Waals surface area contributed by atoms with Crippen LogP contribution < -0.4 is 0 Å². The summed E-state index contributed by atoms with van der Waals surface area (Å²) in [5.41, 5.74) is 2.64. The molecule has 0 amide bonds. The molecule has 0 radical (unpaired) electrons. The van der Waals surface area contributed by atoms with Gasteiger partial charge in [0.25, 0.3) is 0 Å². The zero-order valence-corrected chi connectivity index (χ0v) is 17.1. The van der Waals surface area contributed by atoms with Crippen LogP contribution in [0.3, 0.4) is 0 Å². The third kappa shape index (κ3) is 2.90. The minimum Gasteiger partial charge on any atom is -0.402 e. The second-order valence-corrected chi connectivity index (χ2v) is 8.49. The number of hydrogen-bond donors (Lipinski definition) is 0. The Morgan fingerprint density at radius 1 is 0.536 bits per heavy atom. The summed E-state index contributed by atoms with van der Waals surface area (Å²) >= 11 is 0. The normalized spacial score (nSPS) is 18.2. The monoisotopic (exact) mass is 370 g/mol. The molecular formula is C25H27BO2. The van der Waals surface area contributed by atoms with Gasteiger partial charge in [0.2, 0.25) is 0 Å². The van der Waals surface area contributed by atoms with Gasteiger partial charge < -0.3 is 9.31 Å². The van der Waals surface area contributed by atoms with Gasteiger partial charge in [-0.3, -0.25) is 0 Å². The average Bonchev–Trinajstić information content (AvgIpc) is 2.92. The molecule has 1 aliphatic rings. The highest BCUT2D eigenvalue weighted by atomic mass is 16.7. The highest BCUT2D eigenvalue weighted by molar-refractivity contribution is 6.52. The van der Waals surface area contributed by atoms with Crippen LogP contribution in [-0.2, 0) is 14.6 Å². The Morgan fingerprint density at radius 2 is 0.821 bits per heavy atom. The van der Waals surface area contributed by atoms with Crippen molar-refractivity contribution in [3.63, 3.8) is 0 Å². The van der Waals surface area contributed by atoms with Gasteiger partial charge in [-0.15, -0.1) is 0 Å². The van der Waals surface area contributed by atoms with E-state index >= 15 is 0 Å². The lowest BCUT2D eigenvalue weighted by Crippen LogP contribution is -2.48. The Balaban J connectivity index is 2.03. The van der Waals surface area contributed by atoms with E-state index in [9.17, 15) is 0 Å². The summed E-state index contributed by atoms with van der Waals surface area (Å²) in [5.74, 6) is 0. The molecule has 28 heavy (non-hydrogen) atoms. The van der Waals surface area contributed by atoms with Crippen LogP contribution in [0.2, 0.25) is 0 Å². The predicted octanol–water partition coefficient (Wildman–Crippen LogP) is 5.65. The van der Waals surface area contributed by atoms with E-state index in [4.69, 9.17) is 9.31 Å². The second kappa shape index (κ2) is 6.91. The van der Waals surface area contributed by atoms with Crippen LogP contribution >= 0.6 is 0 Å². The summed E-state index contributed by atoms with van der Waals surface area (Å²) < 4.78 is 13.3. The second-order valence-electron chi connectivity index (χ2n) is 8.49. The van der Waals surface area contributed by atoms with E-state index < -0.39 is 23.6 Å². The van der Waals surface area contributed by atoms with Crippen molar-refractivity contribution in [2.24, 2.45) is 0 Å². The van der Waals surface area contributed by atoms with Gasteiger partial charge in [-0.2, -0.15) is 0 Å². The molecule has 2 nitrogen and oxygen atoms in total. The predicted molar refractivity (Wildman–Crippen MR) is 115 cm³/mol. The molecule has 0 spiro atoms. The fourth-order valence-electron chi connectivity index (χ4n) is 4.03. The quantitative estimate of drug-likeness (QED) is 0.436. The third-order valence-corrected chi connectivity index (χ3v) is 6.29. The standard InChI is InChI=1S/C25H27BO2/c1-23(2)24(3,4)28-26(27-23)25(20-14-8-5-9-15-20,21-16-10-6-11-17-21)22-18-12-7-13-19-22/h5-19H,1-4H3. The van der Waals surface area contributed by atoms with Crippen LogP contribution in [0.4, 0.5) is 0 Å². The van der Waals surface area contributed by atoms with Crippen LogP contribution in [0, 0.1) is 0 Å². The maximum absolute atomic E-state index is 6.67. The fourth-order valence-corrected chi connectivity index (χ4v) is 4.03. The minimum atomic E-state index is -0.575. The van der Waals surface area contributed by atoms with E-state index in [-0.39, 0.29) is 0 Å². The molecular weight excluding hydrogens is 343 g/mol. The lowest BCUT2D eigenvalue weighted by Gasteiger charge is -2.37. The van der Waals surface area contributed by atoms with Crippen molar-refractivity contribution >= 4 is 7.12 Å². The maximum Gasteiger partial charge on any atom is 0.478 e. The Kier molecular flexibility index (Phi) is 4.69. The minimum absolute atomic E-state index is 0.415. The number of rotatable bonds is 4. The molecule has 0 aliphatic carbocycles. The highest BCUT2D eigenvalue weighted by Gasteiger charge is 2.61. The van der Waals surface area contributed by atoms with Crippen molar-refractivity contribution in [3.8, 4) is 0 Å². The molecule has 0 aromatic heterocycles. The average molecular weight is 370 g/mol. The summed E-state index contributed by atoms with van der Waals surface area (Å²) in [6, 6.07) is 31.7. The van der Waals surface area contributed by atoms with Crippen LogP contribution in [0.25, 0.3) is 0 Å². The van der Waals surface area contributed by atoms with Crippen molar-refractivity contribution in [1.29, 1.82) is 0 Å². The van der Waals surface area contributed by atoms with Crippen LogP contribution in [0.5, 0.6) is 0 Å². The molecule has 0 saturated carbocycles. The summed E-state index contributed by atoms with van der Waals surface area (Å²) in [7, 11) is -0.454. The number of hydrogen-bond acceptors (Lipinski definition) is 2. The molecule has 3 heteroatoms. The molecule has 0 bridgehead atoms. The lowest BCUT2D eigenvalue weighted by atomic mass is 9.47. The first-order chi connectivity index (χ1) is 13.4. The number of benzene rings is 3. The van der Waals surface area contributed by atoms with Gasteiger partial charge in [-0.1, -0.05) is 91.0 Å². The molecule has 1 aliphatic heterocycles. The SMILES string of the molecule is CC1(C)OB(C(c2ccccc2)(c2ccccc2)c2ccccc2)OC1(C)C. The molecule has 4 rings (SSSR count). The van der Waals surface area contributed by atoms with Gasteiger partial charge >= 0.3 is 7.12 Å². The molecule has 1 fully saturated rings. The molecule has 0 unspecified atom stereocenters. The summed E-state index contributed by atoms with van der Waals surface area (Å²) in [4.78, 5) is 0. The fraction of sp³-hybridized carbons (Fsp3) is 0.280. The zero-order valence-electron chi connectivity index (χ0n) is 17.1. The molecule has 142 valence electrons. The molecule has 1 heterocycles. The maximum atomic E-state index is 6.67. The van der Waals surface area contributed by atoms with Crippen LogP contribution in [-0.4, -0.2) is 18.3 Å². The van der Waals surface area contributed by atoms with E-state index in [1.54, 1.807) is 0 Å². The zero-order chi connectivity index (χ0) is 19.8. The summed E-state index contributed by atoms with van der Waals surface area (Å²) in [5, 5.41) is -0.575. The summed E-state index contributed by atoms with van der Waals surface area (Å²) in [6.07, 6.45) is 0. The van der Waals surface area contributed by atoms with Crippen molar-refractivity contribution in [3.05, 3.63) is 108 Å². The Bertz CT molecular complexity index is 808. The summed E-state index contributed by atoms with van der Waals surface area (Å²) in [6.45, 7) is 8.44. The molecule has 1 saturated heterocycles. The van der Waals surface area contributed by atoms with Gasteiger partial charge in [0.15, 0.2) is 0 Å². The molecule has 0 atom stereocenters. The van der Waals surface area contributed by atoms with E-state index in [0.29, 0.717) is 0 Å². The largest absolute Gasteiger partial charge is 0.478 e. The third-order valence-electron chi connectivity index (χ3n) is 6.29. The smallest absolute Gasteiger partial charge is 0.402 e. The molecule has 3 aromatic carbocycles. The van der Waals surface area contributed by atoms with Crippen molar-refractivity contribution in [1.82, 2.24) is 0 Å². The van der Waals surface area contributed by atoms with E-state index in [0.717, 1.165) is 16.7 Å². The van der Waals surface area contributed by atoms with Crippen LogP contribution in [0.15, 0.2) is 91.0 Å². The van der Waals surface area contributed by atoms with E-state index in [1.165, 1.54) is 0 Å². The van der Waals surface area contributed by atoms with Gasteiger partial charge in [0, 0.05) is 0 Å². The lowest BCUT2D eigenvalue weighted by molar-refractivity contribution is 0.00578. The van der Waals surface area contributed by atoms with E-state index in [2.05, 4.69) is 119 Å². The first-order valence-electron chi connectivity index (χ1n) is 9.90. The van der Waals surface area contributed by atoms with Gasteiger partial charge in [0.05, 0.1) is 16.5 Å². The van der Waals surface area contributed by atoms with Gasteiger partial charge in [-0.05, 0) is 44.4 Å². The van der Waals surface area contributed by atoms with Gasteiger partial charge in [0.1, 0.15) is 0 Å². The van der Waals surface area contributed by atoms with E-state index in [1.807, 2.05) is 0 Å². The highest BCUT2D eigenvalue weighted by Crippen LogP contribution is 2.49. The van der Waals surface area contributed by atoms with Crippen molar-refractivity contribution < 1.29 is 9.31 Å².